The van der Waals surface area contributed by atoms with E-state index in [1.54, 1.807) is 0 Å². The first-order valence-corrected chi connectivity index (χ1v) is 20.5. The molecule has 2 aromatic heterocycles. The molecule has 0 bridgehead atoms. The topological polar surface area (TPSA) is 21.3 Å². The standard InChI is InChI=1S/C54H41BN2O/c1-30-22-32(3)49(33(4)23-30)36-20-21-45-40(26-36)42-27-37(50-34(5)24-31(2)25-35(50)6)28-43-41-29-48-51(39-16-10-13-19-47(39)58-48)54-52(41)55(57(45)53(42)43)44-17-11-12-18-46(44)56(54)38-14-8-7-9-15-38/h7-29H,1-6H3. The van der Waals surface area contributed by atoms with Crippen molar-refractivity contribution in [3.8, 4) is 33.4 Å². The molecule has 4 heteroatoms. The molecule has 0 radical (unpaired) electrons. The third-order valence-electron chi connectivity index (χ3n) is 13.0. The minimum atomic E-state index is -0.0610. The molecule has 0 saturated heterocycles. The van der Waals surface area contributed by atoms with Crippen LogP contribution in [0.2, 0.25) is 0 Å². The Labute approximate surface area is 338 Å². The minimum absolute atomic E-state index is 0.0610. The van der Waals surface area contributed by atoms with Crippen molar-refractivity contribution in [2.24, 2.45) is 0 Å². The maximum atomic E-state index is 6.86. The fourth-order valence-corrected chi connectivity index (χ4v) is 11.2. The average molecular weight is 745 g/mol. The lowest BCUT2D eigenvalue weighted by Gasteiger charge is -2.40. The van der Waals surface area contributed by atoms with E-state index in [1.807, 2.05) is 0 Å². The number of rotatable bonds is 3. The summed E-state index contributed by atoms with van der Waals surface area (Å²) in [4.78, 5) is 2.50. The molecular weight excluding hydrogens is 703 g/mol. The van der Waals surface area contributed by atoms with Crippen LogP contribution in [0.15, 0.2) is 144 Å². The lowest BCUT2D eigenvalue weighted by Crippen LogP contribution is -2.56. The number of nitrogens with zero attached hydrogens (tertiary/aromatic N) is 2. The van der Waals surface area contributed by atoms with Crippen molar-refractivity contribution >= 4 is 78.6 Å². The quantitative estimate of drug-likeness (QED) is 0.168. The Morgan fingerprint density at radius 3 is 1.88 bits per heavy atom. The number of anilines is 3. The molecule has 0 amide bonds. The molecule has 0 atom stereocenters. The summed E-state index contributed by atoms with van der Waals surface area (Å²) in [6, 6.07) is 52.3. The van der Waals surface area contributed by atoms with Crippen LogP contribution in [-0.4, -0.2) is 11.3 Å². The normalized spacial score (nSPS) is 12.9. The zero-order chi connectivity index (χ0) is 39.1. The Hall–Kier alpha value is -6.78. The van der Waals surface area contributed by atoms with Gasteiger partial charge in [0, 0.05) is 44.1 Å². The summed E-state index contributed by atoms with van der Waals surface area (Å²) in [7, 11) is 0. The molecule has 0 aliphatic carbocycles. The van der Waals surface area contributed by atoms with Crippen LogP contribution in [0.3, 0.4) is 0 Å². The lowest BCUT2D eigenvalue weighted by molar-refractivity contribution is 0.669. The van der Waals surface area contributed by atoms with Crippen molar-refractivity contribution in [3.05, 3.63) is 173 Å². The van der Waals surface area contributed by atoms with Gasteiger partial charge in [0.05, 0.1) is 11.1 Å². The zero-order valence-electron chi connectivity index (χ0n) is 33.7. The van der Waals surface area contributed by atoms with Crippen molar-refractivity contribution in [1.82, 2.24) is 4.48 Å². The van der Waals surface area contributed by atoms with Gasteiger partial charge in [-0.05, 0) is 157 Å². The molecule has 4 heterocycles. The summed E-state index contributed by atoms with van der Waals surface area (Å²) in [6.07, 6.45) is 0. The summed E-state index contributed by atoms with van der Waals surface area (Å²) in [5.74, 6) is 0. The zero-order valence-corrected chi connectivity index (χ0v) is 33.7. The first-order chi connectivity index (χ1) is 28.2. The van der Waals surface area contributed by atoms with Crippen LogP contribution in [-0.2, 0) is 0 Å². The fourth-order valence-electron chi connectivity index (χ4n) is 11.2. The average Bonchev–Trinajstić information content (AvgIpc) is 3.74. The van der Waals surface area contributed by atoms with Crippen LogP contribution >= 0.6 is 0 Å². The van der Waals surface area contributed by atoms with E-state index in [9.17, 15) is 0 Å². The first-order valence-electron chi connectivity index (χ1n) is 20.5. The Kier molecular flexibility index (Phi) is 6.83. The van der Waals surface area contributed by atoms with Crippen LogP contribution in [0.1, 0.15) is 33.4 Å². The highest BCUT2D eigenvalue weighted by atomic mass is 16.3. The van der Waals surface area contributed by atoms with Crippen molar-refractivity contribution in [3.63, 3.8) is 0 Å². The molecule has 0 unspecified atom stereocenters. The van der Waals surface area contributed by atoms with Gasteiger partial charge in [0.15, 0.2) is 0 Å². The van der Waals surface area contributed by atoms with Crippen LogP contribution in [0, 0.1) is 41.5 Å². The van der Waals surface area contributed by atoms with Crippen LogP contribution in [0.25, 0.3) is 77.1 Å². The predicted octanol–water partition coefficient (Wildman–Crippen LogP) is 13.3. The molecule has 58 heavy (non-hydrogen) atoms. The highest BCUT2D eigenvalue weighted by molar-refractivity contribution is 6.90. The second-order valence-corrected chi connectivity index (χ2v) is 16.9. The van der Waals surface area contributed by atoms with Gasteiger partial charge in [-0.1, -0.05) is 96.1 Å². The molecular formula is C54H41BN2O. The molecule has 2 aliphatic rings. The van der Waals surface area contributed by atoms with E-state index in [-0.39, 0.29) is 6.85 Å². The van der Waals surface area contributed by atoms with Gasteiger partial charge in [-0.3, -0.25) is 0 Å². The summed E-state index contributed by atoms with van der Waals surface area (Å²) in [6.45, 7) is 13.4. The van der Waals surface area contributed by atoms with Gasteiger partial charge in [-0.2, -0.15) is 0 Å². The van der Waals surface area contributed by atoms with Crippen molar-refractivity contribution in [2.45, 2.75) is 41.5 Å². The first kappa shape index (κ1) is 33.4. The molecule has 0 fully saturated rings. The second-order valence-electron chi connectivity index (χ2n) is 16.9. The van der Waals surface area contributed by atoms with E-state index in [0.717, 1.165) is 27.6 Å². The van der Waals surface area contributed by atoms with E-state index in [0.29, 0.717) is 0 Å². The Morgan fingerprint density at radius 2 is 1.14 bits per heavy atom. The largest absolute Gasteiger partial charge is 0.456 e. The molecule has 12 rings (SSSR count). The Morgan fingerprint density at radius 1 is 0.500 bits per heavy atom. The number of furan rings is 1. The molecule has 8 aromatic carbocycles. The summed E-state index contributed by atoms with van der Waals surface area (Å²) < 4.78 is 9.54. The van der Waals surface area contributed by atoms with Gasteiger partial charge >= 0.3 is 6.85 Å². The predicted molar refractivity (Wildman–Crippen MR) is 247 cm³/mol. The number of aryl methyl sites for hydroxylation is 6. The number of para-hydroxylation sites is 3. The van der Waals surface area contributed by atoms with Crippen LogP contribution in [0.5, 0.6) is 0 Å². The monoisotopic (exact) mass is 744 g/mol. The number of fused-ring (bicyclic) bond motifs is 11. The lowest BCUT2D eigenvalue weighted by atomic mass is 9.45. The SMILES string of the molecule is Cc1cc(C)c(-c2ccc3c(c2)c2cc(-c4c(C)cc(C)cc4C)cc4c2n3B2c3ccccc3N(c3ccccc3)c3c2c-4cc2oc4ccccc4c32)c(C)c1. The molecule has 0 spiro atoms. The maximum Gasteiger partial charge on any atom is 0.333 e. The highest BCUT2D eigenvalue weighted by Crippen LogP contribution is 2.51. The maximum absolute atomic E-state index is 6.86. The number of benzene rings is 8. The molecule has 276 valence electrons. The van der Waals surface area contributed by atoms with E-state index in [1.165, 1.54) is 111 Å². The summed E-state index contributed by atoms with van der Waals surface area (Å²) in [5.41, 5.74) is 25.9. The fraction of sp³-hybridized carbons (Fsp3) is 0.111. The van der Waals surface area contributed by atoms with Gasteiger partial charge in [0.2, 0.25) is 0 Å². The van der Waals surface area contributed by atoms with Crippen molar-refractivity contribution in [2.75, 3.05) is 4.90 Å². The second kappa shape index (κ2) is 11.9. The van der Waals surface area contributed by atoms with E-state index >= 15 is 0 Å². The molecule has 0 N–H and O–H groups in total. The van der Waals surface area contributed by atoms with Gasteiger partial charge < -0.3 is 13.8 Å². The van der Waals surface area contributed by atoms with Crippen molar-refractivity contribution < 1.29 is 4.42 Å². The smallest absolute Gasteiger partial charge is 0.333 e. The highest BCUT2D eigenvalue weighted by Gasteiger charge is 2.44. The summed E-state index contributed by atoms with van der Waals surface area (Å²) >= 11 is 0. The van der Waals surface area contributed by atoms with E-state index < -0.39 is 0 Å². The van der Waals surface area contributed by atoms with Gasteiger partial charge in [-0.15, -0.1) is 0 Å². The molecule has 0 saturated carbocycles. The van der Waals surface area contributed by atoms with Crippen LogP contribution < -0.4 is 15.8 Å². The molecule has 3 nitrogen and oxygen atoms in total. The molecule has 2 aliphatic heterocycles. The molecule has 10 aromatic rings. The number of hydrogen-bond donors (Lipinski definition) is 0. The van der Waals surface area contributed by atoms with E-state index in [2.05, 4.69) is 190 Å². The van der Waals surface area contributed by atoms with Gasteiger partial charge in [0.1, 0.15) is 11.2 Å². The van der Waals surface area contributed by atoms with Gasteiger partial charge in [-0.25, -0.2) is 0 Å². The third kappa shape index (κ3) is 4.46. The van der Waals surface area contributed by atoms with Gasteiger partial charge in [0.25, 0.3) is 0 Å². The Balaban J connectivity index is 1.29. The minimum Gasteiger partial charge on any atom is -0.456 e. The van der Waals surface area contributed by atoms with Crippen molar-refractivity contribution in [1.29, 1.82) is 0 Å². The summed E-state index contributed by atoms with van der Waals surface area (Å²) in [5, 5.41) is 4.86. The third-order valence-corrected chi connectivity index (χ3v) is 13.0. The number of hydrogen-bond acceptors (Lipinski definition) is 2. The van der Waals surface area contributed by atoms with E-state index in [4.69, 9.17) is 4.42 Å². The Bertz CT molecular complexity index is 3380. The number of aromatic nitrogens is 1. The van der Waals surface area contributed by atoms with Crippen LogP contribution in [0.4, 0.5) is 17.1 Å².